The number of pyridine rings is 1. The van der Waals surface area contributed by atoms with Gasteiger partial charge in [-0.1, -0.05) is 12.0 Å². The summed E-state index contributed by atoms with van der Waals surface area (Å²) in [5.74, 6) is 5.30. The largest absolute Gasteiger partial charge is 0.326 e. The monoisotopic (exact) mass is 268 g/mol. The van der Waals surface area contributed by atoms with Gasteiger partial charge in [-0.05, 0) is 42.3 Å². The van der Waals surface area contributed by atoms with Crippen LogP contribution in [0.15, 0.2) is 48.7 Å². The second-order valence-corrected chi connectivity index (χ2v) is 4.07. The lowest BCUT2D eigenvalue weighted by molar-refractivity contribution is -0.116. The van der Waals surface area contributed by atoms with Crippen LogP contribution in [0.5, 0.6) is 0 Å². The number of nitrogens with one attached hydrogen (secondary N) is 1. The van der Waals surface area contributed by atoms with Gasteiger partial charge in [0, 0.05) is 24.7 Å². The zero-order chi connectivity index (χ0) is 14.2. The number of hydrogen-bond acceptors (Lipinski definition) is 2. The Morgan fingerprint density at radius 3 is 2.70 bits per heavy atom. The molecule has 0 unspecified atom stereocenters. The van der Waals surface area contributed by atoms with Crippen molar-refractivity contribution in [2.75, 3.05) is 5.32 Å². The van der Waals surface area contributed by atoms with Crippen molar-refractivity contribution in [2.45, 2.75) is 12.8 Å². The fraction of sp³-hybridized carbons (Fsp3) is 0.125. The zero-order valence-corrected chi connectivity index (χ0v) is 10.8. The average Bonchev–Trinajstić information content (AvgIpc) is 2.47. The van der Waals surface area contributed by atoms with Gasteiger partial charge in [0.15, 0.2) is 0 Å². The highest BCUT2D eigenvalue weighted by atomic mass is 19.1. The summed E-state index contributed by atoms with van der Waals surface area (Å²) in [5.41, 5.74) is 1.26. The molecule has 2 aromatic rings. The van der Waals surface area contributed by atoms with Gasteiger partial charge in [0.2, 0.25) is 5.91 Å². The van der Waals surface area contributed by atoms with Gasteiger partial charge in [-0.25, -0.2) is 9.37 Å². The maximum Gasteiger partial charge on any atom is 0.225 e. The van der Waals surface area contributed by atoms with Crippen molar-refractivity contribution in [3.63, 3.8) is 0 Å². The van der Waals surface area contributed by atoms with E-state index in [4.69, 9.17) is 0 Å². The van der Waals surface area contributed by atoms with Gasteiger partial charge in [-0.3, -0.25) is 4.79 Å². The molecule has 0 atom stereocenters. The van der Waals surface area contributed by atoms with Crippen molar-refractivity contribution in [3.05, 3.63) is 60.2 Å². The van der Waals surface area contributed by atoms with E-state index in [1.165, 1.54) is 24.3 Å². The molecule has 0 aliphatic rings. The predicted octanol–water partition coefficient (Wildman–Crippen LogP) is 2.99. The summed E-state index contributed by atoms with van der Waals surface area (Å²) in [7, 11) is 0. The molecule has 0 bridgehead atoms. The summed E-state index contributed by atoms with van der Waals surface area (Å²) in [6.07, 6.45) is 2.41. The third-order valence-electron chi connectivity index (χ3n) is 2.49. The molecule has 3 nitrogen and oxygen atoms in total. The Balaban J connectivity index is 1.78. The van der Waals surface area contributed by atoms with E-state index in [1.54, 1.807) is 6.20 Å². The minimum absolute atomic E-state index is 0.146. The van der Waals surface area contributed by atoms with E-state index in [1.807, 2.05) is 18.2 Å². The Morgan fingerprint density at radius 2 is 2.00 bits per heavy atom. The Labute approximate surface area is 116 Å². The van der Waals surface area contributed by atoms with E-state index in [0.29, 0.717) is 17.8 Å². The van der Waals surface area contributed by atoms with Crippen molar-refractivity contribution < 1.29 is 9.18 Å². The van der Waals surface area contributed by atoms with Crippen LogP contribution in [0, 0.1) is 17.7 Å². The fourth-order valence-electron chi connectivity index (χ4n) is 1.52. The molecule has 1 N–H and O–H groups in total. The highest BCUT2D eigenvalue weighted by Gasteiger charge is 2.00. The van der Waals surface area contributed by atoms with Gasteiger partial charge < -0.3 is 5.32 Å². The van der Waals surface area contributed by atoms with E-state index in [2.05, 4.69) is 22.1 Å². The average molecular weight is 268 g/mol. The first-order valence-corrected chi connectivity index (χ1v) is 6.19. The van der Waals surface area contributed by atoms with E-state index in [0.717, 1.165) is 0 Å². The molecule has 0 fully saturated rings. The van der Waals surface area contributed by atoms with E-state index in [9.17, 15) is 9.18 Å². The van der Waals surface area contributed by atoms with Crippen molar-refractivity contribution in [1.82, 2.24) is 4.98 Å². The van der Waals surface area contributed by atoms with Crippen LogP contribution in [-0.4, -0.2) is 10.9 Å². The topological polar surface area (TPSA) is 42.0 Å². The van der Waals surface area contributed by atoms with Crippen LogP contribution in [0.4, 0.5) is 10.1 Å². The SMILES string of the molecule is O=C(CCC#Cc1ccccn1)Nc1ccc(F)cc1. The third kappa shape index (κ3) is 4.54. The molecule has 4 heteroatoms. The zero-order valence-electron chi connectivity index (χ0n) is 10.8. The first-order chi connectivity index (χ1) is 9.74. The van der Waals surface area contributed by atoms with Crippen LogP contribution in [0.2, 0.25) is 0 Å². The summed E-state index contributed by atoms with van der Waals surface area (Å²) in [4.78, 5) is 15.7. The van der Waals surface area contributed by atoms with Gasteiger partial charge >= 0.3 is 0 Å². The Morgan fingerprint density at radius 1 is 1.20 bits per heavy atom. The maximum absolute atomic E-state index is 12.7. The van der Waals surface area contributed by atoms with Crippen LogP contribution < -0.4 is 5.32 Å². The Kier molecular flexibility index (Phi) is 4.85. The molecule has 1 aromatic carbocycles. The first-order valence-electron chi connectivity index (χ1n) is 6.19. The summed E-state index contributed by atoms with van der Waals surface area (Å²) < 4.78 is 12.7. The molecule has 20 heavy (non-hydrogen) atoms. The quantitative estimate of drug-likeness (QED) is 0.869. The molecule has 1 aromatic heterocycles. The first kappa shape index (κ1) is 13.8. The minimum Gasteiger partial charge on any atom is -0.326 e. The normalized spacial score (nSPS) is 9.45. The molecule has 1 heterocycles. The van der Waals surface area contributed by atoms with E-state index >= 15 is 0 Å². The lowest BCUT2D eigenvalue weighted by Crippen LogP contribution is -2.10. The van der Waals surface area contributed by atoms with Crippen LogP contribution in [0.1, 0.15) is 18.5 Å². The van der Waals surface area contributed by atoms with Crippen molar-refractivity contribution in [2.24, 2.45) is 0 Å². The molecule has 0 saturated heterocycles. The number of amides is 1. The number of aromatic nitrogens is 1. The molecule has 0 saturated carbocycles. The molecule has 0 aliphatic heterocycles. The van der Waals surface area contributed by atoms with Gasteiger partial charge in [0.1, 0.15) is 11.5 Å². The van der Waals surface area contributed by atoms with Crippen LogP contribution >= 0.6 is 0 Å². The van der Waals surface area contributed by atoms with Gasteiger partial charge in [0.25, 0.3) is 0 Å². The standard InChI is InChI=1S/C16H13FN2O/c17-13-8-10-15(11-9-13)19-16(20)7-2-1-5-14-6-3-4-12-18-14/h3-4,6,8-12H,2,7H2,(H,19,20). The summed E-state index contributed by atoms with van der Waals surface area (Å²) in [6.45, 7) is 0. The highest BCUT2D eigenvalue weighted by Crippen LogP contribution is 2.08. The molecule has 0 radical (unpaired) electrons. The van der Waals surface area contributed by atoms with Crippen LogP contribution in [-0.2, 0) is 4.79 Å². The summed E-state index contributed by atoms with van der Waals surface area (Å²) >= 11 is 0. The molecule has 1 amide bonds. The number of nitrogens with zero attached hydrogens (tertiary/aromatic N) is 1. The number of carbonyl (C=O) groups is 1. The third-order valence-corrected chi connectivity index (χ3v) is 2.49. The second kappa shape index (κ2) is 7.05. The number of hydrogen-bond donors (Lipinski definition) is 1. The van der Waals surface area contributed by atoms with Crippen molar-refractivity contribution >= 4 is 11.6 Å². The summed E-state index contributed by atoms with van der Waals surface area (Å²) in [6, 6.07) is 11.1. The van der Waals surface area contributed by atoms with E-state index < -0.39 is 0 Å². The Hall–Kier alpha value is -2.67. The minimum atomic E-state index is -0.329. The van der Waals surface area contributed by atoms with Crippen molar-refractivity contribution in [3.8, 4) is 11.8 Å². The lowest BCUT2D eigenvalue weighted by atomic mass is 10.2. The van der Waals surface area contributed by atoms with Crippen LogP contribution in [0.3, 0.4) is 0 Å². The molecule has 0 aliphatic carbocycles. The fourth-order valence-corrected chi connectivity index (χ4v) is 1.52. The summed E-state index contributed by atoms with van der Waals surface area (Å²) in [5, 5.41) is 2.68. The van der Waals surface area contributed by atoms with Crippen LogP contribution in [0.25, 0.3) is 0 Å². The predicted molar refractivity (Wildman–Crippen MR) is 75.4 cm³/mol. The number of rotatable bonds is 3. The molecular weight excluding hydrogens is 255 g/mol. The van der Waals surface area contributed by atoms with Crippen molar-refractivity contribution in [1.29, 1.82) is 0 Å². The molecule has 0 spiro atoms. The van der Waals surface area contributed by atoms with Gasteiger partial charge in [0.05, 0.1) is 0 Å². The van der Waals surface area contributed by atoms with Gasteiger partial charge in [-0.15, -0.1) is 0 Å². The number of carbonyl (C=O) groups excluding carboxylic acids is 1. The number of benzene rings is 1. The smallest absolute Gasteiger partial charge is 0.225 e. The van der Waals surface area contributed by atoms with Gasteiger partial charge in [-0.2, -0.15) is 0 Å². The Bertz CT molecular complexity index is 627. The molecule has 2 rings (SSSR count). The lowest BCUT2D eigenvalue weighted by Gasteiger charge is -2.02. The highest BCUT2D eigenvalue weighted by molar-refractivity contribution is 5.90. The molecule has 100 valence electrons. The maximum atomic E-state index is 12.7. The second-order valence-electron chi connectivity index (χ2n) is 4.07. The number of halogens is 1. The molecular formula is C16H13FN2O. The number of anilines is 1. The van der Waals surface area contributed by atoms with E-state index in [-0.39, 0.29) is 18.1 Å².